The topological polar surface area (TPSA) is 52.3 Å². The second kappa shape index (κ2) is 7.23. The number of Topliss-reactive ketones (excluding diaryl/α,β-unsaturated/α-hetero) is 1. The molecule has 110 valence electrons. The smallest absolute Gasteiger partial charge is 0.140 e. The van der Waals surface area contributed by atoms with Gasteiger partial charge in [-0.1, -0.05) is 28.8 Å². The SMILES string of the molecule is COc1ccc(Br)cc1CC(=O)C1CCCCC1CN. The highest BCUT2D eigenvalue weighted by Gasteiger charge is 2.30. The monoisotopic (exact) mass is 339 g/mol. The quantitative estimate of drug-likeness (QED) is 0.894. The molecule has 2 atom stereocenters. The fourth-order valence-corrected chi connectivity index (χ4v) is 3.53. The van der Waals surface area contributed by atoms with E-state index in [9.17, 15) is 4.79 Å². The van der Waals surface area contributed by atoms with Crippen molar-refractivity contribution in [1.29, 1.82) is 0 Å². The number of ether oxygens (including phenoxy) is 1. The summed E-state index contributed by atoms with van der Waals surface area (Å²) in [5, 5.41) is 0. The van der Waals surface area contributed by atoms with Gasteiger partial charge in [0.1, 0.15) is 11.5 Å². The summed E-state index contributed by atoms with van der Waals surface area (Å²) in [6.07, 6.45) is 4.84. The molecule has 0 heterocycles. The van der Waals surface area contributed by atoms with Gasteiger partial charge >= 0.3 is 0 Å². The van der Waals surface area contributed by atoms with Crippen molar-refractivity contribution in [2.75, 3.05) is 13.7 Å². The van der Waals surface area contributed by atoms with E-state index in [0.717, 1.165) is 35.0 Å². The van der Waals surface area contributed by atoms with Crippen LogP contribution in [0.2, 0.25) is 0 Å². The molecule has 20 heavy (non-hydrogen) atoms. The molecule has 0 amide bonds. The van der Waals surface area contributed by atoms with E-state index in [0.29, 0.717) is 24.7 Å². The van der Waals surface area contributed by atoms with Crippen molar-refractivity contribution in [3.05, 3.63) is 28.2 Å². The zero-order chi connectivity index (χ0) is 14.5. The maximum absolute atomic E-state index is 12.6. The minimum atomic E-state index is 0.123. The van der Waals surface area contributed by atoms with Crippen LogP contribution < -0.4 is 10.5 Å². The van der Waals surface area contributed by atoms with Gasteiger partial charge in [0.05, 0.1) is 7.11 Å². The second-order valence-corrected chi connectivity index (χ2v) is 6.40. The first kappa shape index (κ1) is 15.5. The zero-order valence-electron chi connectivity index (χ0n) is 11.9. The first-order chi connectivity index (χ1) is 9.65. The van der Waals surface area contributed by atoms with Crippen LogP contribution in [0.1, 0.15) is 31.2 Å². The fourth-order valence-electron chi connectivity index (χ4n) is 3.12. The van der Waals surface area contributed by atoms with Gasteiger partial charge in [0, 0.05) is 22.4 Å². The van der Waals surface area contributed by atoms with Gasteiger partial charge < -0.3 is 10.5 Å². The Labute approximate surface area is 129 Å². The largest absolute Gasteiger partial charge is 0.496 e. The van der Waals surface area contributed by atoms with Crippen molar-refractivity contribution in [2.24, 2.45) is 17.6 Å². The molecular weight excluding hydrogens is 318 g/mol. The summed E-state index contributed by atoms with van der Waals surface area (Å²) in [4.78, 5) is 12.6. The highest BCUT2D eigenvalue weighted by atomic mass is 79.9. The Kier molecular flexibility index (Phi) is 5.61. The summed E-state index contributed by atoms with van der Waals surface area (Å²) in [6.45, 7) is 0.617. The van der Waals surface area contributed by atoms with E-state index in [1.807, 2.05) is 18.2 Å². The normalized spacial score (nSPS) is 22.6. The van der Waals surface area contributed by atoms with Crippen molar-refractivity contribution in [3.63, 3.8) is 0 Å². The number of hydrogen-bond donors (Lipinski definition) is 1. The van der Waals surface area contributed by atoms with Crippen LogP contribution in [0.15, 0.2) is 22.7 Å². The maximum Gasteiger partial charge on any atom is 0.140 e. The Hall–Kier alpha value is -0.870. The molecule has 0 aliphatic heterocycles. The van der Waals surface area contributed by atoms with Crippen LogP contribution in [0, 0.1) is 11.8 Å². The molecule has 1 aliphatic rings. The number of methoxy groups -OCH3 is 1. The van der Waals surface area contributed by atoms with Crippen molar-refractivity contribution in [1.82, 2.24) is 0 Å². The van der Waals surface area contributed by atoms with Gasteiger partial charge in [0.15, 0.2) is 0 Å². The van der Waals surface area contributed by atoms with Crippen molar-refractivity contribution in [3.8, 4) is 5.75 Å². The van der Waals surface area contributed by atoms with Crippen LogP contribution in [-0.2, 0) is 11.2 Å². The number of ketones is 1. The number of rotatable bonds is 5. The Bertz CT molecular complexity index is 476. The summed E-state index contributed by atoms with van der Waals surface area (Å²) < 4.78 is 6.32. The third kappa shape index (κ3) is 3.61. The molecule has 2 N–H and O–H groups in total. The molecule has 1 aromatic carbocycles. The minimum absolute atomic E-state index is 0.123. The van der Waals surface area contributed by atoms with E-state index in [-0.39, 0.29) is 5.92 Å². The van der Waals surface area contributed by atoms with Crippen molar-refractivity contribution in [2.45, 2.75) is 32.1 Å². The van der Waals surface area contributed by atoms with E-state index in [4.69, 9.17) is 10.5 Å². The molecule has 0 saturated heterocycles. The predicted octanol–water partition coefficient (Wildman–Crippen LogP) is 3.33. The molecule has 2 unspecified atom stereocenters. The Morgan fingerprint density at radius 2 is 2.15 bits per heavy atom. The molecule has 1 saturated carbocycles. The Morgan fingerprint density at radius 3 is 2.85 bits per heavy atom. The van der Waals surface area contributed by atoms with Gasteiger partial charge in [0.2, 0.25) is 0 Å². The third-order valence-corrected chi connectivity index (χ3v) is 4.73. The third-order valence-electron chi connectivity index (χ3n) is 4.23. The van der Waals surface area contributed by atoms with Crippen molar-refractivity contribution >= 4 is 21.7 Å². The number of hydrogen-bond acceptors (Lipinski definition) is 3. The lowest BCUT2D eigenvalue weighted by atomic mass is 9.76. The first-order valence-electron chi connectivity index (χ1n) is 7.21. The molecule has 0 spiro atoms. The van der Waals surface area contributed by atoms with E-state index in [1.54, 1.807) is 7.11 Å². The molecule has 1 fully saturated rings. The average molecular weight is 340 g/mol. The van der Waals surface area contributed by atoms with Crippen LogP contribution in [-0.4, -0.2) is 19.4 Å². The van der Waals surface area contributed by atoms with Gasteiger partial charge in [-0.15, -0.1) is 0 Å². The van der Waals surface area contributed by atoms with E-state index < -0.39 is 0 Å². The van der Waals surface area contributed by atoms with Gasteiger partial charge in [-0.3, -0.25) is 4.79 Å². The summed E-state index contributed by atoms with van der Waals surface area (Å²) in [5.74, 6) is 1.56. The van der Waals surface area contributed by atoms with Gasteiger partial charge in [-0.05, 0) is 43.5 Å². The molecule has 0 radical (unpaired) electrons. The second-order valence-electron chi connectivity index (χ2n) is 5.49. The lowest BCUT2D eigenvalue weighted by Gasteiger charge is -2.29. The lowest BCUT2D eigenvalue weighted by molar-refractivity contribution is -0.124. The van der Waals surface area contributed by atoms with Crippen LogP contribution >= 0.6 is 15.9 Å². The van der Waals surface area contributed by atoms with E-state index in [2.05, 4.69) is 15.9 Å². The number of halogens is 1. The zero-order valence-corrected chi connectivity index (χ0v) is 13.5. The van der Waals surface area contributed by atoms with Crippen LogP contribution in [0.3, 0.4) is 0 Å². The fraction of sp³-hybridized carbons (Fsp3) is 0.562. The molecule has 1 aliphatic carbocycles. The summed E-state index contributed by atoms with van der Waals surface area (Å²) in [6, 6.07) is 5.79. The molecule has 4 heteroatoms. The van der Waals surface area contributed by atoms with Crippen LogP contribution in [0.4, 0.5) is 0 Å². The predicted molar refractivity (Wildman–Crippen MR) is 83.9 cm³/mol. The van der Waals surface area contributed by atoms with Crippen molar-refractivity contribution < 1.29 is 9.53 Å². The van der Waals surface area contributed by atoms with E-state index >= 15 is 0 Å². The first-order valence-corrected chi connectivity index (χ1v) is 8.00. The minimum Gasteiger partial charge on any atom is -0.496 e. The molecule has 3 nitrogen and oxygen atoms in total. The van der Waals surface area contributed by atoms with Gasteiger partial charge in [-0.2, -0.15) is 0 Å². The standard InChI is InChI=1S/C16H22BrNO2/c1-20-16-7-6-13(17)8-12(16)9-15(19)14-5-3-2-4-11(14)10-18/h6-8,11,14H,2-5,9-10,18H2,1H3. The average Bonchev–Trinajstić information content (AvgIpc) is 2.47. The number of benzene rings is 1. The summed E-state index contributed by atoms with van der Waals surface area (Å²) in [7, 11) is 1.64. The summed E-state index contributed by atoms with van der Waals surface area (Å²) >= 11 is 3.45. The Balaban J connectivity index is 2.12. The summed E-state index contributed by atoms with van der Waals surface area (Å²) in [5.41, 5.74) is 6.77. The van der Waals surface area contributed by atoms with Gasteiger partial charge in [-0.25, -0.2) is 0 Å². The molecular formula is C16H22BrNO2. The number of nitrogens with two attached hydrogens (primary N) is 1. The van der Waals surface area contributed by atoms with E-state index in [1.165, 1.54) is 6.42 Å². The highest BCUT2D eigenvalue weighted by molar-refractivity contribution is 9.10. The van der Waals surface area contributed by atoms with Crippen LogP contribution in [0.25, 0.3) is 0 Å². The molecule has 1 aromatic rings. The van der Waals surface area contributed by atoms with Crippen LogP contribution in [0.5, 0.6) is 5.75 Å². The van der Waals surface area contributed by atoms with Gasteiger partial charge in [0.25, 0.3) is 0 Å². The molecule has 0 aromatic heterocycles. The highest BCUT2D eigenvalue weighted by Crippen LogP contribution is 2.32. The number of carbonyl (C=O) groups excluding carboxylic acids is 1. The molecule has 0 bridgehead atoms. The Morgan fingerprint density at radius 1 is 1.40 bits per heavy atom. The molecule has 2 rings (SSSR count). The maximum atomic E-state index is 12.6. The lowest BCUT2D eigenvalue weighted by Crippen LogP contribution is -2.33. The number of carbonyl (C=O) groups is 1.